The Morgan fingerprint density at radius 2 is 2.10 bits per heavy atom. The maximum Gasteiger partial charge on any atom is 0.317 e. The lowest BCUT2D eigenvalue weighted by molar-refractivity contribution is 0.0951. The summed E-state index contributed by atoms with van der Waals surface area (Å²) < 4.78 is 0. The lowest BCUT2D eigenvalue weighted by Gasteiger charge is -2.26. The molecule has 0 spiro atoms. The molecular weight excluding hydrogens is 372 g/mol. The maximum absolute atomic E-state index is 12.7. The highest BCUT2D eigenvalue weighted by Gasteiger charge is 2.21. The number of urea groups is 1. The first-order valence-electron chi connectivity index (χ1n) is 10.1. The number of carbonyl (C=O) groups excluding carboxylic acids is 2. The Morgan fingerprint density at radius 1 is 1.28 bits per heavy atom. The molecule has 9 heteroatoms. The molecule has 2 fully saturated rings. The second kappa shape index (κ2) is 8.60. The first-order valence-corrected chi connectivity index (χ1v) is 10.1. The average molecular weight is 398 g/mol. The standard InChI is InChI=1S/C20H26N6O3/c27-15-6-4-14(5-7-15)24-19-23-12-13-2-1-3-16(17(13)25-19)18(28)21-8-10-26-11-9-22-20(26)29/h1-3,12,14-15,27H,4-11H2,(H,21,28)(H,22,29)(H,23,24,25). The summed E-state index contributed by atoms with van der Waals surface area (Å²) in [6.07, 6.45) is 4.78. The van der Waals surface area contributed by atoms with E-state index in [0.717, 1.165) is 31.1 Å². The molecule has 1 saturated heterocycles. The normalized spacial score (nSPS) is 21.8. The van der Waals surface area contributed by atoms with Gasteiger partial charge in [0.1, 0.15) is 0 Å². The monoisotopic (exact) mass is 398 g/mol. The van der Waals surface area contributed by atoms with Gasteiger partial charge in [0.15, 0.2) is 0 Å². The van der Waals surface area contributed by atoms with Crippen LogP contribution in [0, 0.1) is 0 Å². The summed E-state index contributed by atoms with van der Waals surface area (Å²) in [6.45, 7) is 2.15. The summed E-state index contributed by atoms with van der Waals surface area (Å²) in [5.41, 5.74) is 1.08. The van der Waals surface area contributed by atoms with E-state index < -0.39 is 0 Å². The van der Waals surface area contributed by atoms with Crippen molar-refractivity contribution in [3.8, 4) is 0 Å². The molecule has 4 rings (SSSR count). The van der Waals surface area contributed by atoms with Crippen LogP contribution in [0.5, 0.6) is 0 Å². The van der Waals surface area contributed by atoms with Crippen molar-refractivity contribution in [2.75, 3.05) is 31.5 Å². The van der Waals surface area contributed by atoms with Crippen molar-refractivity contribution in [1.82, 2.24) is 25.5 Å². The van der Waals surface area contributed by atoms with Crippen molar-refractivity contribution in [2.45, 2.75) is 37.8 Å². The first-order chi connectivity index (χ1) is 14.1. The molecule has 1 saturated carbocycles. The predicted octanol–water partition coefficient (Wildman–Crippen LogP) is 1.10. The topological polar surface area (TPSA) is 119 Å². The molecule has 0 unspecified atom stereocenters. The van der Waals surface area contributed by atoms with Gasteiger partial charge in [-0.05, 0) is 31.7 Å². The number of anilines is 1. The van der Waals surface area contributed by atoms with Crippen molar-refractivity contribution >= 4 is 28.8 Å². The molecule has 0 radical (unpaired) electrons. The van der Waals surface area contributed by atoms with Gasteiger partial charge in [-0.15, -0.1) is 0 Å². The van der Waals surface area contributed by atoms with Crippen LogP contribution in [-0.4, -0.2) is 70.2 Å². The minimum atomic E-state index is -0.222. The van der Waals surface area contributed by atoms with Crippen LogP contribution in [0.15, 0.2) is 24.4 Å². The van der Waals surface area contributed by atoms with Crippen molar-refractivity contribution < 1.29 is 14.7 Å². The lowest BCUT2D eigenvalue weighted by atomic mass is 9.93. The fourth-order valence-electron chi connectivity index (χ4n) is 3.84. The SMILES string of the molecule is O=C(NCCN1CCNC1=O)c1cccc2cnc(NC3CCC(O)CC3)nc12. The molecule has 154 valence electrons. The first kappa shape index (κ1) is 19.4. The Bertz CT molecular complexity index is 897. The molecule has 1 aliphatic heterocycles. The zero-order valence-corrected chi connectivity index (χ0v) is 16.2. The fraction of sp³-hybridized carbons (Fsp3) is 0.500. The summed E-state index contributed by atoms with van der Waals surface area (Å²) in [4.78, 5) is 34.9. The summed E-state index contributed by atoms with van der Waals surface area (Å²) in [5, 5.41) is 19.4. The number of benzene rings is 1. The van der Waals surface area contributed by atoms with Gasteiger partial charge >= 0.3 is 6.03 Å². The van der Waals surface area contributed by atoms with E-state index in [1.54, 1.807) is 17.2 Å². The molecule has 9 nitrogen and oxygen atoms in total. The Kier molecular flexibility index (Phi) is 5.75. The van der Waals surface area contributed by atoms with E-state index in [4.69, 9.17) is 0 Å². The van der Waals surface area contributed by atoms with Crippen LogP contribution in [0.3, 0.4) is 0 Å². The fourth-order valence-corrected chi connectivity index (χ4v) is 3.84. The van der Waals surface area contributed by atoms with Crippen LogP contribution in [0.1, 0.15) is 36.0 Å². The Balaban J connectivity index is 1.43. The van der Waals surface area contributed by atoms with Crippen LogP contribution in [0.25, 0.3) is 10.9 Å². The number of aliphatic hydroxyl groups is 1. The molecular formula is C20H26N6O3. The van der Waals surface area contributed by atoms with Gasteiger partial charge in [0, 0.05) is 43.8 Å². The number of nitrogens with zero attached hydrogens (tertiary/aromatic N) is 3. The zero-order valence-electron chi connectivity index (χ0n) is 16.2. The van der Waals surface area contributed by atoms with Crippen LogP contribution >= 0.6 is 0 Å². The van der Waals surface area contributed by atoms with Crippen molar-refractivity contribution in [1.29, 1.82) is 0 Å². The molecule has 2 heterocycles. The predicted molar refractivity (Wildman–Crippen MR) is 109 cm³/mol. The third-order valence-corrected chi connectivity index (χ3v) is 5.50. The van der Waals surface area contributed by atoms with Gasteiger partial charge in [-0.2, -0.15) is 0 Å². The van der Waals surface area contributed by atoms with E-state index in [0.29, 0.717) is 43.2 Å². The molecule has 1 aromatic heterocycles. The Morgan fingerprint density at radius 3 is 2.86 bits per heavy atom. The second-order valence-corrected chi connectivity index (χ2v) is 7.56. The molecule has 1 aliphatic carbocycles. The number of fused-ring (bicyclic) bond motifs is 1. The van der Waals surface area contributed by atoms with Gasteiger partial charge in [0.05, 0.1) is 17.2 Å². The zero-order chi connectivity index (χ0) is 20.2. The summed E-state index contributed by atoms with van der Waals surface area (Å²) in [6, 6.07) is 5.56. The van der Waals surface area contributed by atoms with Crippen molar-refractivity contribution in [2.24, 2.45) is 0 Å². The van der Waals surface area contributed by atoms with Gasteiger partial charge < -0.3 is 26.0 Å². The number of carbonyl (C=O) groups is 2. The van der Waals surface area contributed by atoms with Crippen LogP contribution in [0.2, 0.25) is 0 Å². The number of hydrogen-bond donors (Lipinski definition) is 4. The number of aromatic nitrogens is 2. The van der Waals surface area contributed by atoms with E-state index in [1.165, 1.54) is 0 Å². The molecule has 29 heavy (non-hydrogen) atoms. The Labute approximate surface area is 168 Å². The van der Waals surface area contributed by atoms with Crippen molar-refractivity contribution in [3.63, 3.8) is 0 Å². The maximum atomic E-state index is 12.7. The minimum Gasteiger partial charge on any atom is -0.393 e. The molecule has 3 amide bonds. The summed E-state index contributed by atoms with van der Waals surface area (Å²) >= 11 is 0. The molecule has 0 atom stereocenters. The van der Waals surface area contributed by atoms with Gasteiger partial charge in [-0.25, -0.2) is 14.8 Å². The minimum absolute atomic E-state index is 0.0944. The molecule has 2 aromatic rings. The van der Waals surface area contributed by atoms with Gasteiger partial charge in [-0.3, -0.25) is 4.79 Å². The highest BCUT2D eigenvalue weighted by Crippen LogP contribution is 2.22. The van der Waals surface area contributed by atoms with Gasteiger partial charge in [-0.1, -0.05) is 12.1 Å². The molecule has 4 N–H and O–H groups in total. The highest BCUT2D eigenvalue weighted by atomic mass is 16.3. The summed E-state index contributed by atoms with van der Waals surface area (Å²) in [7, 11) is 0. The van der Waals surface area contributed by atoms with E-state index in [-0.39, 0.29) is 24.1 Å². The van der Waals surface area contributed by atoms with E-state index >= 15 is 0 Å². The van der Waals surface area contributed by atoms with Gasteiger partial charge in [0.2, 0.25) is 5.95 Å². The largest absolute Gasteiger partial charge is 0.393 e. The number of nitrogens with one attached hydrogen (secondary N) is 3. The van der Waals surface area contributed by atoms with E-state index in [9.17, 15) is 14.7 Å². The van der Waals surface area contributed by atoms with Crippen LogP contribution in [0.4, 0.5) is 10.7 Å². The van der Waals surface area contributed by atoms with Crippen LogP contribution in [-0.2, 0) is 0 Å². The number of amides is 3. The smallest absolute Gasteiger partial charge is 0.317 e. The molecule has 0 bridgehead atoms. The Hall–Kier alpha value is -2.94. The molecule has 2 aliphatic rings. The number of rotatable bonds is 6. The highest BCUT2D eigenvalue weighted by molar-refractivity contribution is 6.05. The van der Waals surface area contributed by atoms with Crippen molar-refractivity contribution in [3.05, 3.63) is 30.0 Å². The van der Waals surface area contributed by atoms with E-state index in [1.807, 2.05) is 12.1 Å². The van der Waals surface area contributed by atoms with Crippen LogP contribution < -0.4 is 16.0 Å². The average Bonchev–Trinajstić information content (AvgIpc) is 3.14. The third-order valence-electron chi connectivity index (χ3n) is 5.50. The summed E-state index contributed by atoms with van der Waals surface area (Å²) in [5.74, 6) is 0.272. The number of hydrogen-bond acceptors (Lipinski definition) is 6. The number of aliphatic hydroxyl groups excluding tert-OH is 1. The number of para-hydroxylation sites is 1. The second-order valence-electron chi connectivity index (χ2n) is 7.56. The quantitative estimate of drug-likeness (QED) is 0.579. The third kappa shape index (κ3) is 4.56. The molecule has 1 aromatic carbocycles. The lowest BCUT2D eigenvalue weighted by Crippen LogP contribution is -2.36. The van der Waals surface area contributed by atoms with E-state index in [2.05, 4.69) is 25.9 Å². The van der Waals surface area contributed by atoms with Gasteiger partial charge in [0.25, 0.3) is 5.91 Å².